The summed E-state index contributed by atoms with van der Waals surface area (Å²) in [5.74, 6) is 0.885. The summed E-state index contributed by atoms with van der Waals surface area (Å²) in [6.07, 6.45) is 11.1. The standard InChI is InChI=1S/C12H22N2O/c1-2-3-4-5-6-7-11(15)10-12-13-8-9-14-12/h8-9,11,15H,2-7,10H2,1H3,(H,13,14). The molecule has 0 amide bonds. The number of imidazole rings is 1. The lowest BCUT2D eigenvalue weighted by molar-refractivity contribution is 0.158. The molecule has 0 saturated carbocycles. The maximum Gasteiger partial charge on any atom is 0.108 e. The zero-order valence-electron chi connectivity index (χ0n) is 9.58. The van der Waals surface area contributed by atoms with Crippen LogP contribution in [0.4, 0.5) is 0 Å². The van der Waals surface area contributed by atoms with Crippen molar-refractivity contribution in [2.24, 2.45) is 0 Å². The van der Waals surface area contributed by atoms with Crippen LogP contribution >= 0.6 is 0 Å². The number of aromatic nitrogens is 2. The van der Waals surface area contributed by atoms with Crippen LogP contribution in [0.1, 0.15) is 51.3 Å². The van der Waals surface area contributed by atoms with E-state index in [0.717, 1.165) is 18.7 Å². The van der Waals surface area contributed by atoms with Crippen molar-refractivity contribution in [2.45, 2.75) is 58.0 Å². The van der Waals surface area contributed by atoms with E-state index < -0.39 is 0 Å². The highest BCUT2D eigenvalue weighted by Gasteiger charge is 2.06. The first-order valence-electron chi connectivity index (χ1n) is 5.99. The molecule has 0 radical (unpaired) electrons. The zero-order chi connectivity index (χ0) is 10.9. The van der Waals surface area contributed by atoms with Crippen molar-refractivity contribution in [3.05, 3.63) is 18.2 Å². The van der Waals surface area contributed by atoms with Gasteiger partial charge >= 0.3 is 0 Å². The van der Waals surface area contributed by atoms with Crippen LogP contribution in [0.25, 0.3) is 0 Å². The summed E-state index contributed by atoms with van der Waals surface area (Å²) in [6.45, 7) is 2.21. The summed E-state index contributed by atoms with van der Waals surface area (Å²) < 4.78 is 0. The Labute approximate surface area is 91.9 Å². The van der Waals surface area contributed by atoms with Gasteiger partial charge in [-0.25, -0.2) is 4.98 Å². The summed E-state index contributed by atoms with van der Waals surface area (Å²) in [5.41, 5.74) is 0. The third kappa shape index (κ3) is 5.57. The average Bonchev–Trinajstić information content (AvgIpc) is 2.70. The minimum Gasteiger partial charge on any atom is -0.393 e. The molecule has 1 unspecified atom stereocenters. The highest BCUT2D eigenvalue weighted by Crippen LogP contribution is 2.09. The molecule has 0 aliphatic heterocycles. The largest absolute Gasteiger partial charge is 0.393 e. The van der Waals surface area contributed by atoms with Crippen LogP contribution in [-0.4, -0.2) is 21.2 Å². The molecule has 15 heavy (non-hydrogen) atoms. The normalized spacial score (nSPS) is 12.9. The van der Waals surface area contributed by atoms with E-state index in [4.69, 9.17) is 0 Å². The number of H-pyrrole nitrogens is 1. The Morgan fingerprint density at radius 1 is 1.33 bits per heavy atom. The molecule has 3 nitrogen and oxygen atoms in total. The van der Waals surface area contributed by atoms with Crippen molar-refractivity contribution in [3.8, 4) is 0 Å². The van der Waals surface area contributed by atoms with Gasteiger partial charge < -0.3 is 10.1 Å². The fourth-order valence-electron chi connectivity index (χ4n) is 1.72. The molecule has 0 aliphatic carbocycles. The first-order valence-corrected chi connectivity index (χ1v) is 5.99. The van der Waals surface area contributed by atoms with Gasteiger partial charge in [0.2, 0.25) is 0 Å². The van der Waals surface area contributed by atoms with Crippen molar-refractivity contribution < 1.29 is 5.11 Å². The van der Waals surface area contributed by atoms with Gasteiger partial charge in [-0.3, -0.25) is 0 Å². The second-order valence-electron chi connectivity index (χ2n) is 4.10. The maximum absolute atomic E-state index is 9.72. The Morgan fingerprint density at radius 2 is 2.13 bits per heavy atom. The van der Waals surface area contributed by atoms with E-state index in [2.05, 4.69) is 16.9 Å². The van der Waals surface area contributed by atoms with Crippen LogP contribution in [0.5, 0.6) is 0 Å². The number of aromatic amines is 1. The molecule has 0 saturated heterocycles. The fourth-order valence-corrected chi connectivity index (χ4v) is 1.72. The van der Waals surface area contributed by atoms with Gasteiger partial charge in [-0.05, 0) is 6.42 Å². The molecule has 2 N–H and O–H groups in total. The molecule has 0 aromatic carbocycles. The molecule has 1 heterocycles. The van der Waals surface area contributed by atoms with Crippen LogP contribution in [0.15, 0.2) is 12.4 Å². The Bertz CT molecular complexity index is 234. The predicted octanol–water partition coefficient (Wildman–Crippen LogP) is 2.67. The minimum absolute atomic E-state index is 0.238. The number of nitrogens with one attached hydrogen (secondary N) is 1. The molecule has 86 valence electrons. The van der Waals surface area contributed by atoms with E-state index in [0.29, 0.717) is 6.42 Å². The molecule has 0 spiro atoms. The number of aliphatic hydroxyl groups is 1. The number of hydrogen-bond donors (Lipinski definition) is 2. The van der Waals surface area contributed by atoms with E-state index >= 15 is 0 Å². The molecule has 1 aromatic rings. The highest BCUT2D eigenvalue weighted by molar-refractivity contribution is 4.88. The number of rotatable bonds is 8. The molecule has 1 atom stereocenters. The fraction of sp³-hybridized carbons (Fsp3) is 0.750. The molecule has 1 aromatic heterocycles. The zero-order valence-corrected chi connectivity index (χ0v) is 9.58. The summed E-state index contributed by atoms with van der Waals surface area (Å²) in [7, 11) is 0. The van der Waals surface area contributed by atoms with Gasteiger partial charge in [-0.15, -0.1) is 0 Å². The molecule has 0 aliphatic rings. The lowest BCUT2D eigenvalue weighted by Gasteiger charge is -2.08. The van der Waals surface area contributed by atoms with E-state index in [1.165, 1.54) is 25.7 Å². The van der Waals surface area contributed by atoms with Crippen LogP contribution in [0.3, 0.4) is 0 Å². The van der Waals surface area contributed by atoms with E-state index in [1.807, 2.05) is 0 Å². The first kappa shape index (κ1) is 12.2. The topological polar surface area (TPSA) is 48.9 Å². The Morgan fingerprint density at radius 3 is 2.80 bits per heavy atom. The quantitative estimate of drug-likeness (QED) is 0.648. The predicted molar refractivity (Wildman–Crippen MR) is 61.7 cm³/mol. The van der Waals surface area contributed by atoms with Crippen molar-refractivity contribution in [1.29, 1.82) is 0 Å². The Hall–Kier alpha value is -0.830. The summed E-state index contributed by atoms with van der Waals surface area (Å²) in [6, 6.07) is 0. The van der Waals surface area contributed by atoms with E-state index in [1.54, 1.807) is 12.4 Å². The number of hydrogen-bond acceptors (Lipinski definition) is 2. The first-order chi connectivity index (χ1) is 7.33. The van der Waals surface area contributed by atoms with Gasteiger partial charge in [0.25, 0.3) is 0 Å². The van der Waals surface area contributed by atoms with Gasteiger partial charge in [-0.1, -0.05) is 39.0 Å². The van der Waals surface area contributed by atoms with Crippen LogP contribution < -0.4 is 0 Å². The molecule has 0 fully saturated rings. The van der Waals surface area contributed by atoms with Gasteiger partial charge in [0.1, 0.15) is 5.82 Å². The molecule has 0 bridgehead atoms. The van der Waals surface area contributed by atoms with Crippen molar-refractivity contribution >= 4 is 0 Å². The van der Waals surface area contributed by atoms with Gasteiger partial charge in [0.05, 0.1) is 6.10 Å². The van der Waals surface area contributed by atoms with Crippen LogP contribution in [0.2, 0.25) is 0 Å². The second kappa shape index (κ2) is 7.46. The maximum atomic E-state index is 9.72. The lowest BCUT2D eigenvalue weighted by Crippen LogP contribution is -2.11. The van der Waals surface area contributed by atoms with Gasteiger partial charge in [0.15, 0.2) is 0 Å². The molecular weight excluding hydrogens is 188 g/mol. The average molecular weight is 210 g/mol. The number of nitrogens with zero attached hydrogens (tertiary/aromatic N) is 1. The Kier molecular flexibility index (Phi) is 6.09. The minimum atomic E-state index is -0.238. The molecular formula is C12H22N2O. The second-order valence-corrected chi connectivity index (χ2v) is 4.10. The smallest absolute Gasteiger partial charge is 0.108 e. The summed E-state index contributed by atoms with van der Waals surface area (Å²) in [5, 5.41) is 9.72. The van der Waals surface area contributed by atoms with Gasteiger partial charge in [0, 0.05) is 18.8 Å². The van der Waals surface area contributed by atoms with Crippen molar-refractivity contribution in [2.75, 3.05) is 0 Å². The monoisotopic (exact) mass is 210 g/mol. The lowest BCUT2D eigenvalue weighted by atomic mass is 10.1. The molecule has 1 rings (SSSR count). The van der Waals surface area contributed by atoms with Crippen LogP contribution in [0, 0.1) is 0 Å². The van der Waals surface area contributed by atoms with Crippen LogP contribution in [-0.2, 0) is 6.42 Å². The Balaban J connectivity index is 2.01. The summed E-state index contributed by atoms with van der Waals surface area (Å²) >= 11 is 0. The number of unbranched alkanes of at least 4 members (excludes halogenated alkanes) is 4. The summed E-state index contributed by atoms with van der Waals surface area (Å²) in [4.78, 5) is 7.11. The van der Waals surface area contributed by atoms with E-state index in [9.17, 15) is 5.11 Å². The highest BCUT2D eigenvalue weighted by atomic mass is 16.3. The van der Waals surface area contributed by atoms with Gasteiger partial charge in [-0.2, -0.15) is 0 Å². The molecule has 3 heteroatoms. The third-order valence-electron chi connectivity index (χ3n) is 2.62. The van der Waals surface area contributed by atoms with Crippen molar-refractivity contribution in [3.63, 3.8) is 0 Å². The third-order valence-corrected chi connectivity index (χ3v) is 2.62. The SMILES string of the molecule is CCCCCCCC(O)Cc1ncc[nH]1. The number of aliphatic hydroxyl groups excluding tert-OH is 1. The van der Waals surface area contributed by atoms with E-state index in [-0.39, 0.29) is 6.10 Å². The van der Waals surface area contributed by atoms with Crippen molar-refractivity contribution in [1.82, 2.24) is 9.97 Å².